The van der Waals surface area contributed by atoms with Crippen molar-refractivity contribution in [2.24, 2.45) is 0 Å². The van der Waals surface area contributed by atoms with E-state index in [1.54, 1.807) is 10.3 Å². The quantitative estimate of drug-likeness (QED) is 0.751. The highest BCUT2D eigenvalue weighted by Gasteiger charge is 2.32. The number of piperazine rings is 1. The normalized spacial score (nSPS) is 19.4. The SMILES string of the molecule is CCOc1ccc(-c2nc(C(=O)N3CCN(C(=O)[C@H]4CCCO4)CC3)cs2)cc1. The van der Waals surface area contributed by atoms with Crippen molar-refractivity contribution >= 4 is 23.2 Å². The summed E-state index contributed by atoms with van der Waals surface area (Å²) in [6.07, 6.45) is 1.44. The minimum absolute atomic E-state index is 0.0565. The van der Waals surface area contributed by atoms with Crippen LogP contribution in [0.15, 0.2) is 29.6 Å². The van der Waals surface area contributed by atoms with Gasteiger partial charge in [-0.15, -0.1) is 11.3 Å². The summed E-state index contributed by atoms with van der Waals surface area (Å²) in [7, 11) is 0. The lowest BCUT2D eigenvalue weighted by Crippen LogP contribution is -2.52. The van der Waals surface area contributed by atoms with Crippen LogP contribution in [0.4, 0.5) is 0 Å². The van der Waals surface area contributed by atoms with Crippen molar-refractivity contribution in [3.8, 4) is 16.3 Å². The Balaban J connectivity index is 1.35. The maximum absolute atomic E-state index is 12.8. The molecule has 2 aliphatic rings. The minimum Gasteiger partial charge on any atom is -0.494 e. The molecule has 0 saturated carbocycles. The first-order valence-corrected chi connectivity index (χ1v) is 10.9. The number of benzene rings is 1. The number of amides is 2. The van der Waals surface area contributed by atoms with Gasteiger partial charge in [0.2, 0.25) is 0 Å². The Bertz CT molecular complexity index is 853. The molecule has 2 aliphatic heterocycles. The number of hydrogen-bond acceptors (Lipinski definition) is 6. The molecule has 0 bridgehead atoms. The molecular formula is C21H25N3O4S. The lowest BCUT2D eigenvalue weighted by molar-refractivity contribution is -0.142. The smallest absolute Gasteiger partial charge is 0.273 e. The van der Waals surface area contributed by atoms with Crippen LogP contribution in [-0.4, -0.2) is 72.1 Å². The molecule has 2 aromatic rings. The second-order valence-corrected chi connectivity index (χ2v) is 7.97. The molecule has 7 nitrogen and oxygen atoms in total. The van der Waals surface area contributed by atoms with E-state index >= 15 is 0 Å². The second kappa shape index (κ2) is 8.92. The van der Waals surface area contributed by atoms with Crippen LogP contribution >= 0.6 is 11.3 Å². The number of thiazole rings is 1. The number of ether oxygens (including phenoxy) is 2. The third-order valence-electron chi connectivity index (χ3n) is 5.22. The van der Waals surface area contributed by atoms with Crippen molar-refractivity contribution in [1.82, 2.24) is 14.8 Å². The van der Waals surface area contributed by atoms with Crippen molar-refractivity contribution in [2.75, 3.05) is 39.4 Å². The fraction of sp³-hybridized carbons (Fsp3) is 0.476. The molecule has 0 radical (unpaired) electrons. The highest BCUT2D eigenvalue weighted by atomic mass is 32.1. The first kappa shape index (κ1) is 19.8. The molecule has 2 saturated heterocycles. The van der Waals surface area contributed by atoms with Crippen LogP contribution in [0.2, 0.25) is 0 Å². The zero-order chi connectivity index (χ0) is 20.2. The highest BCUT2D eigenvalue weighted by molar-refractivity contribution is 7.13. The summed E-state index contributed by atoms with van der Waals surface area (Å²) in [5.74, 6) is 0.795. The zero-order valence-electron chi connectivity index (χ0n) is 16.5. The van der Waals surface area contributed by atoms with E-state index in [1.165, 1.54) is 11.3 Å². The lowest BCUT2D eigenvalue weighted by atomic mass is 10.2. The van der Waals surface area contributed by atoms with Crippen LogP contribution in [-0.2, 0) is 9.53 Å². The van der Waals surface area contributed by atoms with Gasteiger partial charge >= 0.3 is 0 Å². The van der Waals surface area contributed by atoms with Crippen LogP contribution in [0.5, 0.6) is 5.75 Å². The molecule has 1 atom stereocenters. The molecule has 3 heterocycles. The summed E-state index contributed by atoms with van der Waals surface area (Å²) < 4.78 is 11.0. The van der Waals surface area contributed by atoms with Gasteiger partial charge < -0.3 is 19.3 Å². The van der Waals surface area contributed by atoms with E-state index in [-0.39, 0.29) is 17.9 Å². The van der Waals surface area contributed by atoms with E-state index in [4.69, 9.17) is 9.47 Å². The van der Waals surface area contributed by atoms with Gasteiger partial charge in [-0.3, -0.25) is 9.59 Å². The third-order valence-corrected chi connectivity index (χ3v) is 6.11. The average molecular weight is 416 g/mol. The number of hydrogen-bond donors (Lipinski definition) is 0. The van der Waals surface area contributed by atoms with E-state index in [2.05, 4.69) is 4.98 Å². The molecular weight excluding hydrogens is 390 g/mol. The first-order chi connectivity index (χ1) is 14.2. The minimum atomic E-state index is -0.299. The molecule has 0 unspecified atom stereocenters. The molecule has 0 aliphatic carbocycles. The summed E-state index contributed by atoms with van der Waals surface area (Å²) in [4.78, 5) is 33.4. The number of aromatic nitrogens is 1. The number of rotatable bonds is 5. The topological polar surface area (TPSA) is 72.0 Å². The number of carbonyl (C=O) groups excluding carboxylic acids is 2. The molecule has 29 heavy (non-hydrogen) atoms. The molecule has 0 N–H and O–H groups in total. The van der Waals surface area contributed by atoms with Gasteiger partial charge in [0.05, 0.1) is 6.61 Å². The fourth-order valence-electron chi connectivity index (χ4n) is 3.63. The molecule has 2 fully saturated rings. The molecule has 154 valence electrons. The molecule has 1 aromatic carbocycles. The van der Waals surface area contributed by atoms with Crippen LogP contribution in [0, 0.1) is 0 Å². The fourth-order valence-corrected chi connectivity index (χ4v) is 4.43. The Hall–Kier alpha value is -2.45. The second-order valence-electron chi connectivity index (χ2n) is 7.11. The maximum Gasteiger partial charge on any atom is 0.273 e. The standard InChI is InChI=1S/C21H25N3O4S/c1-2-27-16-7-5-15(6-8-16)19-22-17(14-29-19)20(25)23-9-11-24(12-10-23)21(26)18-4-3-13-28-18/h5-8,14,18H,2-4,9-13H2,1H3/t18-/m1/s1. The van der Waals surface area contributed by atoms with Crippen molar-refractivity contribution in [3.05, 3.63) is 35.3 Å². The van der Waals surface area contributed by atoms with Crippen molar-refractivity contribution in [2.45, 2.75) is 25.9 Å². The van der Waals surface area contributed by atoms with Crippen LogP contribution in [0.3, 0.4) is 0 Å². The largest absolute Gasteiger partial charge is 0.494 e. The predicted octanol–water partition coefficient (Wildman–Crippen LogP) is 2.67. The number of nitrogens with zero attached hydrogens (tertiary/aromatic N) is 3. The maximum atomic E-state index is 12.8. The monoisotopic (exact) mass is 415 g/mol. The molecule has 1 aromatic heterocycles. The van der Waals surface area contributed by atoms with Gasteiger partial charge in [-0.05, 0) is 44.0 Å². The third kappa shape index (κ3) is 4.43. The molecule has 8 heteroatoms. The van der Waals surface area contributed by atoms with Crippen LogP contribution in [0.1, 0.15) is 30.3 Å². The predicted molar refractivity (Wildman–Crippen MR) is 110 cm³/mol. The summed E-state index contributed by atoms with van der Waals surface area (Å²) in [5.41, 5.74) is 1.42. The van der Waals surface area contributed by atoms with Crippen LogP contribution in [0.25, 0.3) is 10.6 Å². The van der Waals surface area contributed by atoms with Crippen molar-refractivity contribution in [3.63, 3.8) is 0 Å². The average Bonchev–Trinajstić information content (AvgIpc) is 3.46. The lowest BCUT2D eigenvalue weighted by Gasteiger charge is -2.35. The van der Waals surface area contributed by atoms with E-state index in [1.807, 2.05) is 36.1 Å². The molecule has 4 rings (SSSR count). The Morgan fingerprint density at radius 1 is 1.17 bits per heavy atom. The van der Waals surface area contributed by atoms with E-state index in [0.717, 1.165) is 29.2 Å². The van der Waals surface area contributed by atoms with Gasteiger partial charge in [-0.1, -0.05) is 0 Å². The highest BCUT2D eigenvalue weighted by Crippen LogP contribution is 2.26. The van der Waals surface area contributed by atoms with Gasteiger partial charge in [0.15, 0.2) is 0 Å². The zero-order valence-corrected chi connectivity index (χ0v) is 17.3. The Labute approximate surface area is 174 Å². The van der Waals surface area contributed by atoms with Gasteiger partial charge in [0, 0.05) is 43.7 Å². The van der Waals surface area contributed by atoms with E-state index in [0.29, 0.717) is 45.1 Å². The first-order valence-electron chi connectivity index (χ1n) is 10.0. The van der Waals surface area contributed by atoms with E-state index < -0.39 is 0 Å². The van der Waals surface area contributed by atoms with Crippen LogP contribution < -0.4 is 4.74 Å². The summed E-state index contributed by atoms with van der Waals surface area (Å²) >= 11 is 1.46. The number of carbonyl (C=O) groups is 2. The molecule has 2 amide bonds. The summed E-state index contributed by atoms with van der Waals surface area (Å²) in [6, 6.07) is 7.72. The Morgan fingerprint density at radius 3 is 2.55 bits per heavy atom. The van der Waals surface area contributed by atoms with Gasteiger partial charge in [0.1, 0.15) is 22.6 Å². The molecule has 0 spiro atoms. The summed E-state index contributed by atoms with van der Waals surface area (Å²) in [6.45, 7) is 5.36. The Morgan fingerprint density at radius 2 is 1.90 bits per heavy atom. The summed E-state index contributed by atoms with van der Waals surface area (Å²) in [5, 5.41) is 2.61. The van der Waals surface area contributed by atoms with Gasteiger partial charge in [-0.25, -0.2) is 4.98 Å². The van der Waals surface area contributed by atoms with Gasteiger partial charge in [0.25, 0.3) is 11.8 Å². The van der Waals surface area contributed by atoms with E-state index in [9.17, 15) is 9.59 Å². The Kier molecular flexibility index (Phi) is 6.10. The van der Waals surface area contributed by atoms with Crippen molar-refractivity contribution in [1.29, 1.82) is 0 Å². The van der Waals surface area contributed by atoms with Gasteiger partial charge in [-0.2, -0.15) is 0 Å². The van der Waals surface area contributed by atoms with Crippen molar-refractivity contribution < 1.29 is 19.1 Å².